The number of hydrogen-bond acceptors (Lipinski definition) is 5. The number of esters is 1. The van der Waals surface area contributed by atoms with Gasteiger partial charge in [0.2, 0.25) is 0 Å². The second-order valence-corrected chi connectivity index (χ2v) is 4.65. The summed E-state index contributed by atoms with van der Waals surface area (Å²) in [5, 5.41) is 0. The summed E-state index contributed by atoms with van der Waals surface area (Å²) in [6.45, 7) is 0. The molecule has 3 rings (SSSR count). The Morgan fingerprint density at radius 2 is 1.95 bits per heavy atom. The molecule has 0 spiro atoms. The van der Waals surface area contributed by atoms with Crippen molar-refractivity contribution in [2.45, 2.75) is 0 Å². The maximum Gasteiger partial charge on any atom is 0.337 e. The second-order valence-electron chi connectivity index (χ2n) is 4.65. The minimum Gasteiger partial charge on any atom is -0.465 e. The van der Waals surface area contributed by atoms with Gasteiger partial charge in [0, 0.05) is 5.56 Å². The van der Waals surface area contributed by atoms with Crippen molar-refractivity contribution in [1.29, 1.82) is 0 Å². The van der Waals surface area contributed by atoms with E-state index in [9.17, 15) is 4.79 Å². The molecule has 0 aliphatic heterocycles. The lowest BCUT2D eigenvalue weighted by atomic mass is 10.1. The van der Waals surface area contributed by atoms with E-state index in [-0.39, 0.29) is 5.97 Å². The average molecular weight is 282 g/mol. The summed E-state index contributed by atoms with van der Waals surface area (Å²) in [6, 6.07) is 10.5. The monoisotopic (exact) mass is 282 g/mol. The first-order valence-electron chi connectivity index (χ1n) is 6.32. The third-order valence-electron chi connectivity index (χ3n) is 3.26. The maximum atomic E-state index is 11.5. The molecular weight excluding hydrogens is 268 g/mol. The molecule has 5 N–H and O–H groups in total. The average Bonchev–Trinajstić information content (AvgIpc) is 2.92. The molecule has 21 heavy (non-hydrogen) atoms. The van der Waals surface area contributed by atoms with Crippen LogP contribution in [-0.2, 0) is 4.74 Å². The van der Waals surface area contributed by atoms with Gasteiger partial charge in [0.25, 0.3) is 0 Å². The Morgan fingerprint density at radius 3 is 2.67 bits per heavy atom. The number of nitrogen functional groups attached to an aromatic ring is 2. The topological polar surface area (TPSA) is 107 Å². The fourth-order valence-corrected chi connectivity index (χ4v) is 2.11. The fraction of sp³-hybridized carbons (Fsp3) is 0.0667. The number of fused-ring (bicyclic) bond motifs is 1. The van der Waals surface area contributed by atoms with Crippen LogP contribution in [0.1, 0.15) is 10.4 Å². The first-order valence-corrected chi connectivity index (χ1v) is 6.32. The highest BCUT2D eigenvalue weighted by Gasteiger charge is 2.10. The smallest absolute Gasteiger partial charge is 0.337 e. The van der Waals surface area contributed by atoms with Gasteiger partial charge in [0.05, 0.1) is 35.1 Å². The summed E-state index contributed by atoms with van der Waals surface area (Å²) < 4.78 is 4.70. The number of nitrogens with two attached hydrogens (primary N) is 2. The molecule has 0 atom stereocenters. The number of ether oxygens (including phenoxy) is 1. The zero-order valence-electron chi connectivity index (χ0n) is 11.4. The molecule has 0 fully saturated rings. The Morgan fingerprint density at radius 1 is 1.14 bits per heavy atom. The number of carbonyl (C=O) groups excluding carboxylic acids is 1. The van der Waals surface area contributed by atoms with Gasteiger partial charge >= 0.3 is 5.97 Å². The van der Waals surface area contributed by atoms with Crippen LogP contribution in [0.15, 0.2) is 36.4 Å². The fourth-order valence-electron chi connectivity index (χ4n) is 2.11. The van der Waals surface area contributed by atoms with E-state index in [1.807, 2.05) is 6.07 Å². The second kappa shape index (κ2) is 4.82. The molecule has 1 aromatic heterocycles. The number of methoxy groups -OCH3 is 1. The van der Waals surface area contributed by atoms with Crippen LogP contribution in [0.3, 0.4) is 0 Å². The summed E-state index contributed by atoms with van der Waals surface area (Å²) in [7, 11) is 1.35. The number of nitrogens with one attached hydrogen (secondary N) is 1. The molecule has 0 radical (unpaired) electrons. The quantitative estimate of drug-likeness (QED) is 0.493. The van der Waals surface area contributed by atoms with Crippen LogP contribution in [0, 0.1) is 0 Å². The van der Waals surface area contributed by atoms with Crippen LogP contribution in [0.2, 0.25) is 0 Å². The standard InChI is InChI=1S/C15H14N4O2/c1-21-15(20)9-3-5-12-13(7-9)19-14(18-12)8-2-4-10(16)11(17)6-8/h2-7H,16-17H2,1H3,(H,18,19). The molecule has 0 aliphatic carbocycles. The number of rotatable bonds is 2. The van der Waals surface area contributed by atoms with Gasteiger partial charge in [-0.25, -0.2) is 9.78 Å². The van der Waals surface area contributed by atoms with Crippen LogP contribution < -0.4 is 11.5 Å². The molecule has 0 saturated heterocycles. The summed E-state index contributed by atoms with van der Waals surface area (Å²) in [5.74, 6) is 0.281. The van der Waals surface area contributed by atoms with Crippen LogP contribution in [0.5, 0.6) is 0 Å². The highest BCUT2D eigenvalue weighted by Crippen LogP contribution is 2.25. The molecule has 3 aromatic rings. The molecule has 2 aromatic carbocycles. The SMILES string of the molecule is COC(=O)c1ccc2nc(-c3ccc(N)c(N)c3)[nH]c2c1. The van der Waals surface area contributed by atoms with Gasteiger partial charge in [0.1, 0.15) is 5.82 Å². The number of imidazole rings is 1. The Kier molecular flexibility index (Phi) is 2.98. The normalized spacial score (nSPS) is 10.7. The summed E-state index contributed by atoms with van der Waals surface area (Å²) in [4.78, 5) is 19.2. The molecule has 6 nitrogen and oxygen atoms in total. The highest BCUT2D eigenvalue weighted by molar-refractivity contribution is 5.94. The summed E-state index contributed by atoms with van der Waals surface area (Å²) in [6.07, 6.45) is 0. The van der Waals surface area contributed by atoms with Crippen LogP contribution in [0.4, 0.5) is 11.4 Å². The number of hydrogen-bond donors (Lipinski definition) is 3. The Labute approximate surface area is 120 Å². The molecule has 0 bridgehead atoms. The summed E-state index contributed by atoms with van der Waals surface area (Å²) in [5.41, 5.74) is 15.4. The van der Waals surface area contributed by atoms with Crippen molar-refractivity contribution < 1.29 is 9.53 Å². The number of H-pyrrole nitrogens is 1. The van der Waals surface area contributed by atoms with Crippen molar-refractivity contribution in [3.63, 3.8) is 0 Å². The van der Waals surface area contributed by atoms with E-state index < -0.39 is 0 Å². The number of anilines is 2. The van der Waals surface area contributed by atoms with Crippen molar-refractivity contribution in [3.05, 3.63) is 42.0 Å². The molecular formula is C15H14N4O2. The lowest BCUT2D eigenvalue weighted by Gasteiger charge is -2.01. The minimum atomic E-state index is -0.384. The zero-order chi connectivity index (χ0) is 15.0. The van der Waals surface area contributed by atoms with Gasteiger partial charge in [-0.05, 0) is 36.4 Å². The van der Waals surface area contributed by atoms with E-state index in [1.165, 1.54) is 7.11 Å². The van der Waals surface area contributed by atoms with E-state index >= 15 is 0 Å². The van der Waals surface area contributed by atoms with Crippen molar-refractivity contribution >= 4 is 28.4 Å². The molecule has 0 unspecified atom stereocenters. The number of aromatic amines is 1. The van der Waals surface area contributed by atoms with Gasteiger partial charge < -0.3 is 21.2 Å². The lowest BCUT2D eigenvalue weighted by molar-refractivity contribution is 0.0601. The third-order valence-corrected chi connectivity index (χ3v) is 3.26. The first kappa shape index (κ1) is 13.0. The Balaban J connectivity index is 2.08. The van der Waals surface area contributed by atoms with E-state index in [2.05, 4.69) is 9.97 Å². The Bertz CT molecular complexity index is 839. The minimum absolute atomic E-state index is 0.384. The number of nitrogens with zero attached hydrogens (tertiary/aromatic N) is 1. The molecule has 106 valence electrons. The highest BCUT2D eigenvalue weighted by atomic mass is 16.5. The van der Waals surface area contributed by atoms with Crippen molar-refractivity contribution in [2.24, 2.45) is 0 Å². The van der Waals surface area contributed by atoms with Crippen LogP contribution in [0.25, 0.3) is 22.4 Å². The van der Waals surface area contributed by atoms with Gasteiger partial charge in [-0.1, -0.05) is 0 Å². The van der Waals surface area contributed by atoms with E-state index in [0.29, 0.717) is 22.8 Å². The largest absolute Gasteiger partial charge is 0.465 e. The van der Waals surface area contributed by atoms with Gasteiger partial charge in [0.15, 0.2) is 0 Å². The van der Waals surface area contributed by atoms with E-state index in [4.69, 9.17) is 16.2 Å². The molecule has 6 heteroatoms. The molecule has 0 amide bonds. The van der Waals surface area contributed by atoms with Crippen LogP contribution in [-0.4, -0.2) is 23.0 Å². The van der Waals surface area contributed by atoms with Crippen molar-refractivity contribution in [3.8, 4) is 11.4 Å². The van der Waals surface area contributed by atoms with E-state index in [1.54, 1.807) is 30.3 Å². The molecule has 0 saturated carbocycles. The van der Waals surface area contributed by atoms with Crippen molar-refractivity contribution in [1.82, 2.24) is 9.97 Å². The molecule has 1 heterocycles. The number of carbonyl (C=O) groups is 1. The van der Waals surface area contributed by atoms with Crippen molar-refractivity contribution in [2.75, 3.05) is 18.6 Å². The van der Waals surface area contributed by atoms with Crippen LogP contribution >= 0.6 is 0 Å². The maximum absolute atomic E-state index is 11.5. The van der Waals surface area contributed by atoms with Gasteiger partial charge in [-0.15, -0.1) is 0 Å². The number of aromatic nitrogens is 2. The number of benzene rings is 2. The molecule has 0 aliphatic rings. The zero-order valence-corrected chi connectivity index (χ0v) is 11.4. The predicted octanol–water partition coefficient (Wildman–Crippen LogP) is 2.18. The predicted molar refractivity (Wildman–Crippen MR) is 81.7 cm³/mol. The third kappa shape index (κ3) is 2.27. The first-order chi connectivity index (χ1) is 10.1. The summed E-state index contributed by atoms with van der Waals surface area (Å²) >= 11 is 0. The Hall–Kier alpha value is -3.02. The van der Waals surface area contributed by atoms with Gasteiger partial charge in [-0.3, -0.25) is 0 Å². The lowest BCUT2D eigenvalue weighted by Crippen LogP contribution is -2.00. The van der Waals surface area contributed by atoms with E-state index in [0.717, 1.165) is 16.6 Å². The van der Waals surface area contributed by atoms with Gasteiger partial charge in [-0.2, -0.15) is 0 Å².